The van der Waals surface area contributed by atoms with Gasteiger partial charge in [0.05, 0.1) is 6.42 Å². The number of nitrogens with one attached hydrogen (secondary N) is 1. The Balaban J connectivity index is 3.88. The Labute approximate surface area is 115 Å². The highest BCUT2D eigenvalue weighted by Gasteiger charge is 2.17. The van der Waals surface area contributed by atoms with E-state index in [4.69, 9.17) is 9.84 Å². The van der Waals surface area contributed by atoms with Gasteiger partial charge in [0.25, 0.3) is 0 Å². The third-order valence-electron chi connectivity index (χ3n) is 2.54. The maximum absolute atomic E-state index is 11.9. The Hall–Kier alpha value is -1.30. The largest absolute Gasteiger partial charge is 0.481 e. The molecule has 0 aliphatic heterocycles. The van der Waals surface area contributed by atoms with Crippen LogP contribution in [-0.2, 0) is 9.53 Å². The van der Waals surface area contributed by atoms with Crippen LogP contribution in [0.15, 0.2) is 0 Å². The smallest absolute Gasteiger partial charge is 0.317 e. The molecule has 0 rings (SSSR count). The van der Waals surface area contributed by atoms with Crippen molar-refractivity contribution >= 4 is 12.0 Å². The minimum absolute atomic E-state index is 0.0179. The molecule has 6 heteroatoms. The van der Waals surface area contributed by atoms with Crippen LogP contribution < -0.4 is 5.32 Å². The van der Waals surface area contributed by atoms with E-state index in [-0.39, 0.29) is 25.0 Å². The average molecular weight is 274 g/mol. The number of carbonyl (C=O) groups excluding carboxylic acids is 1. The summed E-state index contributed by atoms with van der Waals surface area (Å²) in [6.07, 6.45) is 1.71. The van der Waals surface area contributed by atoms with E-state index in [9.17, 15) is 9.59 Å². The summed E-state index contributed by atoms with van der Waals surface area (Å²) in [5.41, 5.74) is 0. The van der Waals surface area contributed by atoms with Crippen LogP contribution in [0.2, 0.25) is 0 Å². The SMILES string of the molecule is CCCOCCCNC(=O)N(CCC(=O)O)C(C)C. The van der Waals surface area contributed by atoms with E-state index in [1.807, 2.05) is 20.8 Å². The molecule has 6 nitrogen and oxygen atoms in total. The quantitative estimate of drug-likeness (QED) is 0.594. The van der Waals surface area contributed by atoms with Gasteiger partial charge in [-0.2, -0.15) is 0 Å². The van der Waals surface area contributed by atoms with Crippen molar-refractivity contribution in [1.82, 2.24) is 10.2 Å². The van der Waals surface area contributed by atoms with Gasteiger partial charge in [-0.25, -0.2) is 4.79 Å². The van der Waals surface area contributed by atoms with Crippen LogP contribution in [0.1, 0.15) is 40.0 Å². The van der Waals surface area contributed by atoms with E-state index >= 15 is 0 Å². The number of rotatable bonds is 10. The van der Waals surface area contributed by atoms with Crippen molar-refractivity contribution < 1.29 is 19.4 Å². The predicted molar refractivity (Wildman–Crippen MR) is 73.2 cm³/mol. The van der Waals surface area contributed by atoms with E-state index in [0.717, 1.165) is 19.4 Å². The molecule has 0 aromatic rings. The molecule has 0 aliphatic carbocycles. The summed E-state index contributed by atoms with van der Waals surface area (Å²) in [6, 6.07) is -0.234. The molecule has 2 amide bonds. The fraction of sp³-hybridized carbons (Fsp3) is 0.846. The Kier molecular flexibility index (Phi) is 9.88. The Morgan fingerprint density at radius 1 is 1.32 bits per heavy atom. The second kappa shape index (κ2) is 10.6. The molecule has 0 aromatic carbocycles. The van der Waals surface area contributed by atoms with Crippen molar-refractivity contribution in [1.29, 1.82) is 0 Å². The summed E-state index contributed by atoms with van der Waals surface area (Å²) >= 11 is 0. The first kappa shape index (κ1) is 17.7. The molecular weight excluding hydrogens is 248 g/mol. The normalized spacial score (nSPS) is 10.5. The first-order chi connectivity index (χ1) is 8.99. The molecular formula is C13H26N2O4. The molecule has 0 saturated carbocycles. The summed E-state index contributed by atoms with van der Waals surface area (Å²) < 4.78 is 5.31. The summed E-state index contributed by atoms with van der Waals surface area (Å²) in [7, 11) is 0. The molecule has 0 spiro atoms. The van der Waals surface area contributed by atoms with Crippen molar-refractivity contribution in [2.24, 2.45) is 0 Å². The number of nitrogens with zero attached hydrogens (tertiary/aromatic N) is 1. The van der Waals surface area contributed by atoms with Gasteiger partial charge >= 0.3 is 12.0 Å². The second-order valence-corrected chi connectivity index (χ2v) is 4.63. The van der Waals surface area contributed by atoms with Gasteiger partial charge in [0.15, 0.2) is 0 Å². The first-order valence-electron chi connectivity index (χ1n) is 6.83. The topological polar surface area (TPSA) is 78.9 Å². The Bertz CT molecular complexity index is 269. The van der Waals surface area contributed by atoms with Gasteiger partial charge in [-0.3, -0.25) is 4.79 Å². The number of carbonyl (C=O) groups is 2. The number of hydrogen-bond acceptors (Lipinski definition) is 3. The molecule has 0 aliphatic rings. The van der Waals surface area contributed by atoms with Gasteiger partial charge in [-0.05, 0) is 26.7 Å². The lowest BCUT2D eigenvalue weighted by Crippen LogP contribution is -2.45. The van der Waals surface area contributed by atoms with Gasteiger partial charge in [0, 0.05) is 32.3 Å². The molecule has 0 fully saturated rings. The van der Waals surface area contributed by atoms with E-state index in [1.54, 1.807) is 0 Å². The highest BCUT2D eigenvalue weighted by molar-refractivity contribution is 5.75. The van der Waals surface area contributed by atoms with Gasteiger partial charge < -0.3 is 20.1 Å². The molecule has 0 aromatic heterocycles. The second-order valence-electron chi connectivity index (χ2n) is 4.63. The molecule has 0 heterocycles. The van der Waals surface area contributed by atoms with E-state index in [0.29, 0.717) is 13.2 Å². The van der Waals surface area contributed by atoms with Crippen LogP contribution in [0.5, 0.6) is 0 Å². The number of ether oxygens (including phenoxy) is 1. The Morgan fingerprint density at radius 2 is 2.00 bits per heavy atom. The molecule has 0 bridgehead atoms. The maximum Gasteiger partial charge on any atom is 0.317 e. The fourth-order valence-electron chi connectivity index (χ4n) is 1.53. The molecule has 0 radical (unpaired) electrons. The van der Waals surface area contributed by atoms with E-state index in [1.165, 1.54) is 4.90 Å². The van der Waals surface area contributed by atoms with Crippen LogP contribution in [-0.4, -0.2) is 54.4 Å². The van der Waals surface area contributed by atoms with Crippen molar-refractivity contribution in [2.75, 3.05) is 26.3 Å². The van der Waals surface area contributed by atoms with Crippen LogP contribution in [0.4, 0.5) is 4.79 Å². The zero-order valence-electron chi connectivity index (χ0n) is 12.1. The number of carboxylic acids is 1. The molecule has 0 unspecified atom stereocenters. The van der Waals surface area contributed by atoms with Gasteiger partial charge in [-0.1, -0.05) is 6.92 Å². The van der Waals surface area contributed by atoms with Gasteiger partial charge in [-0.15, -0.1) is 0 Å². The summed E-state index contributed by atoms with van der Waals surface area (Å²) in [5, 5.41) is 11.4. The van der Waals surface area contributed by atoms with Crippen LogP contribution >= 0.6 is 0 Å². The first-order valence-corrected chi connectivity index (χ1v) is 6.83. The van der Waals surface area contributed by atoms with Crippen molar-refractivity contribution in [3.05, 3.63) is 0 Å². The maximum atomic E-state index is 11.9. The molecule has 2 N–H and O–H groups in total. The summed E-state index contributed by atoms with van der Waals surface area (Å²) in [5.74, 6) is -0.897. The lowest BCUT2D eigenvalue weighted by molar-refractivity contribution is -0.137. The lowest BCUT2D eigenvalue weighted by atomic mass is 10.3. The number of amides is 2. The zero-order chi connectivity index (χ0) is 14.7. The van der Waals surface area contributed by atoms with Crippen LogP contribution in [0.25, 0.3) is 0 Å². The number of carboxylic acid groups (broad SMARTS) is 1. The van der Waals surface area contributed by atoms with Crippen LogP contribution in [0, 0.1) is 0 Å². The summed E-state index contributed by atoms with van der Waals surface area (Å²) in [6.45, 7) is 7.92. The lowest BCUT2D eigenvalue weighted by Gasteiger charge is -2.26. The third kappa shape index (κ3) is 9.30. The average Bonchev–Trinajstić information content (AvgIpc) is 2.33. The monoisotopic (exact) mass is 274 g/mol. The minimum atomic E-state index is -0.897. The zero-order valence-corrected chi connectivity index (χ0v) is 12.1. The van der Waals surface area contributed by atoms with E-state index in [2.05, 4.69) is 5.32 Å². The fourth-order valence-corrected chi connectivity index (χ4v) is 1.53. The number of urea groups is 1. The number of hydrogen-bond donors (Lipinski definition) is 2. The van der Waals surface area contributed by atoms with Crippen molar-refractivity contribution in [3.63, 3.8) is 0 Å². The van der Waals surface area contributed by atoms with Crippen molar-refractivity contribution in [2.45, 2.75) is 46.1 Å². The predicted octanol–water partition coefficient (Wildman–Crippen LogP) is 1.70. The standard InChI is InChI=1S/C13H26N2O4/c1-4-9-19-10-5-7-14-13(18)15(11(2)3)8-6-12(16)17/h11H,4-10H2,1-3H3,(H,14,18)(H,16,17). The molecule has 0 atom stereocenters. The highest BCUT2D eigenvalue weighted by Crippen LogP contribution is 2.00. The molecule has 112 valence electrons. The van der Waals surface area contributed by atoms with Gasteiger partial charge in [0.1, 0.15) is 0 Å². The van der Waals surface area contributed by atoms with Crippen LogP contribution in [0.3, 0.4) is 0 Å². The van der Waals surface area contributed by atoms with E-state index < -0.39 is 5.97 Å². The highest BCUT2D eigenvalue weighted by atomic mass is 16.5. The molecule has 0 saturated heterocycles. The Morgan fingerprint density at radius 3 is 2.53 bits per heavy atom. The summed E-state index contributed by atoms with van der Waals surface area (Å²) in [4.78, 5) is 23.9. The van der Waals surface area contributed by atoms with Gasteiger partial charge in [0.2, 0.25) is 0 Å². The minimum Gasteiger partial charge on any atom is -0.481 e. The molecule has 19 heavy (non-hydrogen) atoms. The third-order valence-corrected chi connectivity index (χ3v) is 2.54. The number of aliphatic carboxylic acids is 1. The van der Waals surface area contributed by atoms with Crippen molar-refractivity contribution in [3.8, 4) is 0 Å².